The molecular weight excluding hydrogens is 367 g/mol. The number of nitrogens with zero attached hydrogens (tertiary/aromatic N) is 3. The summed E-state index contributed by atoms with van der Waals surface area (Å²) in [5.41, 5.74) is -1.39. The van der Waals surface area contributed by atoms with Gasteiger partial charge in [0, 0.05) is 29.9 Å². The zero-order valence-electron chi connectivity index (χ0n) is 14.0. The van der Waals surface area contributed by atoms with Gasteiger partial charge in [0.05, 0.1) is 11.4 Å². The Bertz CT molecular complexity index is 941. The summed E-state index contributed by atoms with van der Waals surface area (Å²) in [6.07, 6.45) is -0.491. The van der Waals surface area contributed by atoms with Gasteiger partial charge in [-0.25, -0.2) is 13.4 Å². The first-order valence-electron chi connectivity index (χ1n) is 7.66. The molecule has 2 heterocycles. The van der Waals surface area contributed by atoms with Crippen LogP contribution in [0.15, 0.2) is 58.7 Å². The van der Waals surface area contributed by atoms with Crippen LogP contribution in [-0.2, 0) is 9.84 Å². The molecule has 0 amide bonds. The third-order valence-electron chi connectivity index (χ3n) is 4.18. The fourth-order valence-electron chi connectivity index (χ4n) is 2.67. The minimum Gasteiger partial charge on any atom is -0.323 e. The highest BCUT2D eigenvalue weighted by Gasteiger charge is 2.56. The first-order chi connectivity index (χ1) is 12.0. The summed E-state index contributed by atoms with van der Waals surface area (Å²) in [5.74, 6) is 0.144. The van der Waals surface area contributed by atoms with Crippen LogP contribution in [0.2, 0.25) is 0 Å². The van der Waals surface area contributed by atoms with Crippen molar-refractivity contribution >= 4 is 21.4 Å². The quantitative estimate of drug-likeness (QED) is 0.817. The summed E-state index contributed by atoms with van der Waals surface area (Å²) in [5, 5.41) is 0. The molecule has 26 heavy (non-hydrogen) atoms. The summed E-state index contributed by atoms with van der Waals surface area (Å²) < 4.78 is 63.7. The third-order valence-corrected chi connectivity index (χ3v) is 5.31. The van der Waals surface area contributed by atoms with Gasteiger partial charge in [-0.1, -0.05) is 0 Å². The van der Waals surface area contributed by atoms with Crippen LogP contribution in [0.5, 0.6) is 0 Å². The van der Waals surface area contributed by atoms with Crippen LogP contribution in [0.25, 0.3) is 0 Å². The first kappa shape index (κ1) is 18.4. The molecule has 0 radical (unpaired) electrons. The molecule has 0 bridgehead atoms. The van der Waals surface area contributed by atoms with Crippen LogP contribution in [0.4, 0.5) is 18.9 Å². The largest absolute Gasteiger partial charge is 0.415 e. The zero-order chi connectivity index (χ0) is 19.2. The molecule has 0 N–H and O–H groups in total. The van der Waals surface area contributed by atoms with Gasteiger partial charge in [0.15, 0.2) is 15.4 Å². The Morgan fingerprint density at radius 3 is 2.31 bits per heavy atom. The molecule has 0 spiro atoms. The highest BCUT2D eigenvalue weighted by Crippen LogP contribution is 2.40. The summed E-state index contributed by atoms with van der Waals surface area (Å²) in [4.78, 5) is 9.42. The van der Waals surface area contributed by atoms with E-state index in [-0.39, 0.29) is 10.7 Å². The van der Waals surface area contributed by atoms with Crippen molar-refractivity contribution in [3.63, 3.8) is 0 Å². The van der Waals surface area contributed by atoms with Crippen molar-refractivity contribution in [3.05, 3.63) is 54.4 Å². The Labute approximate surface area is 149 Å². The number of halogens is 3. The molecule has 1 aromatic heterocycles. The first-order valence-corrected chi connectivity index (χ1v) is 9.55. The van der Waals surface area contributed by atoms with Gasteiger partial charge < -0.3 is 4.90 Å². The molecule has 0 saturated heterocycles. The molecule has 1 aromatic carbocycles. The van der Waals surface area contributed by atoms with Gasteiger partial charge in [0.1, 0.15) is 5.84 Å². The number of amidine groups is 1. The van der Waals surface area contributed by atoms with E-state index < -0.39 is 28.1 Å². The maximum Gasteiger partial charge on any atom is 0.415 e. The number of aromatic nitrogens is 1. The molecule has 0 fully saturated rings. The number of benzene rings is 1. The van der Waals surface area contributed by atoms with Crippen LogP contribution in [0, 0.1) is 0 Å². The van der Waals surface area contributed by atoms with E-state index in [9.17, 15) is 21.6 Å². The summed E-state index contributed by atoms with van der Waals surface area (Å²) in [6, 6.07) is 8.94. The van der Waals surface area contributed by atoms with Crippen LogP contribution in [0.1, 0.15) is 12.5 Å². The van der Waals surface area contributed by atoms with Crippen molar-refractivity contribution in [2.24, 2.45) is 4.99 Å². The fourth-order valence-corrected chi connectivity index (χ4v) is 3.30. The van der Waals surface area contributed by atoms with Gasteiger partial charge in [-0.05, 0) is 43.3 Å². The summed E-state index contributed by atoms with van der Waals surface area (Å²) >= 11 is 0. The molecule has 1 atom stereocenters. The van der Waals surface area contributed by atoms with Crippen LogP contribution in [0.3, 0.4) is 0 Å². The van der Waals surface area contributed by atoms with E-state index in [1.807, 2.05) is 0 Å². The number of pyridine rings is 1. The van der Waals surface area contributed by atoms with Crippen molar-refractivity contribution in [1.82, 2.24) is 4.98 Å². The molecule has 5 nitrogen and oxygen atoms in total. The van der Waals surface area contributed by atoms with E-state index in [2.05, 4.69) is 9.98 Å². The predicted octanol–water partition coefficient (Wildman–Crippen LogP) is 3.07. The lowest BCUT2D eigenvalue weighted by Gasteiger charge is -2.27. The van der Waals surface area contributed by atoms with E-state index >= 15 is 0 Å². The predicted molar refractivity (Wildman–Crippen MR) is 92.1 cm³/mol. The molecule has 1 unspecified atom stereocenters. The average molecular weight is 383 g/mol. The number of hydrogen-bond acceptors (Lipinski definition) is 5. The van der Waals surface area contributed by atoms with Gasteiger partial charge in [-0.2, -0.15) is 13.2 Å². The monoisotopic (exact) mass is 383 g/mol. The molecule has 9 heteroatoms. The second kappa shape index (κ2) is 6.08. The van der Waals surface area contributed by atoms with Gasteiger partial charge in [-0.3, -0.25) is 4.98 Å². The highest BCUT2D eigenvalue weighted by atomic mass is 32.2. The van der Waals surface area contributed by atoms with Gasteiger partial charge in [0.25, 0.3) is 0 Å². The number of alkyl halides is 3. The molecule has 138 valence electrons. The molecule has 3 rings (SSSR count). The van der Waals surface area contributed by atoms with E-state index in [1.54, 1.807) is 12.1 Å². The van der Waals surface area contributed by atoms with E-state index in [0.29, 0.717) is 11.3 Å². The third kappa shape index (κ3) is 3.31. The number of sulfone groups is 1. The molecule has 2 aromatic rings. The maximum atomic E-state index is 13.5. The fraction of sp³-hybridized carbons (Fsp3) is 0.294. The van der Waals surface area contributed by atoms with Crippen molar-refractivity contribution < 1.29 is 21.6 Å². The van der Waals surface area contributed by atoms with Crippen LogP contribution in [-0.4, -0.2) is 43.8 Å². The minimum absolute atomic E-state index is 0.0962. The van der Waals surface area contributed by atoms with Crippen molar-refractivity contribution in [2.45, 2.75) is 23.5 Å². The normalized spacial score (nSPS) is 21.0. The molecule has 1 aliphatic heterocycles. The Morgan fingerprint density at radius 1 is 1.15 bits per heavy atom. The average Bonchev–Trinajstić information content (AvgIpc) is 2.94. The standard InChI is InChI=1S/C17H16F3N3O2S/c1-16(17(18,19)20)11-23(15(22-16)12-4-3-9-21-10-12)13-5-7-14(8-6-13)26(2,24)25/h3-10H,11H2,1-2H3. The molecule has 0 saturated carbocycles. The van der Waals surface area contributed by atoms with E-state index in [0.717, 1.165) is 13.2 Å². The zero-order valence-corrected chi connectivity index (χ0v) is 14.8. The SMILES string of the molecule is CC1(C(F)(F)F)CN(c2ccc(S(C)(=O)=O)cc2)C(c2cccnc2)=N1. The number of hydrogen-bond donors (Lipinski definition) is 0. The number of anilines is 1. The van der Waals surface area contributed by atoms with Crippen molar-refractivity contribution in [3.8, 4) is 0 Å². The minimum atomic E-state index is -4.53. The summed E-state index contributed by atoms with van der Waals surface area (Å²) in [6.45, 7) is 0.632. The molecular formula is C17H16F3N3O2S. The molecule has 0 aliphatic carbocycles. The summed E-state index contributed by atoms with van der Waals surface area (Å²) in [7, 11) is -3.39. The molecule has 1 aliphatic rings. The van der Waals surface area contributed by atoms with Crippen LogP contribution < -0.4 is 4.90 Å². The van der Waals surface area contributed by atoms with E-state index in [1.165, 1.54) is 41.6 Å². The second-order valence-corrected chi connectivity index (χ2v) is 8.32. The van der Waals surface area contributed by atoms with Crippen LogP contribution >= 0.6 is 0 Å². The topological polar surface area (TPSA) is 62.6 Å². The maximum absolute atomic E-state index is 13.5. The van der Waals surface area contributed by atoms with Crippen molar-refractivity contribution in [2.75, 3.05) is 17.7 Å². The van der Waals surface area contributed by atoms with E-state index in [4.69, 9.17) is 0 Å². The number of aliphatic imine (C=N–C) groups is 1. The second-order valence-electron chi connectivity index (χ2n) is 6.30. The van der Waals surface area contributed by atoms with Gasteiger partial charge in [0.2, 0.25) is 0 Å². The lowest BCUT2D eigenvalue weighted by atomic mass is 10.0. The lowest BCUT2D eigenvalue weighted by molar-refractivity contribution is -0.174. The Morgan fingerprint density at radius 2 is 1.81 bits per heavy atom. The number of rotatable bonds is 3. The van der Waals surface area contributed by atoms with Gasteiger partial charge >= 0.3 is 6.18 Å². The van der Waals surface area contributed by atoms with Crippen molar-refractivity contribution in [1.29, 1.82) is 0 Å². The Hall–Kier alpha value is -2.42. The van der Waals surface area contributed by atoms with Gasteiger partial charge in [-0.15, -0.1) is 0 Å². The lowest BCUT2D eigenvalue weighted by Crippen LogP contribution is -2.45. The smallest absolute Gasteiger partial charge is 0.323 e. The highest BCUT2D eigenvalue weighted by molar-refractivity contribution is 7.90. The Kier molecular flexibility index (Phi) is 4.30. The Balaban J connectivity index is 2.07.